The minimum Gasteiger partial charge on any atom is -0.373 e. The molecule has 1 aromatic rings. The summed E-state index contributed by atoms with van der Waals surface area (Å²) in [6.07, 6.45) is -4.33. The van der Waals surface area contributed by atoms with E-state index in [1.165, 1.54) is 19.9 Å². The Morgan fingerprint density at radius 2 is 1.69 bits per heavy atom. The van der Waals surface area contributed by atoms with Gasteiger partial charge in [0.05, 0.1) is 11.3 Å². The fourth-order valence-corrected chi connectivity index (χ4v) is 1.39. The third kappa shape index (κ3) is 3.40. The van der Waals surface area contributed by atoms with Gasteiger partial charge in [-0.25, -0.2) is 4.98 Å². The molecule has 0 atom stereocenters. The summed E-state index contributed by atoms with van der Waals surface area (Å²) in [7, 11) is 1.62. The van der Waals surface area contributed by atoms with Crippen LogP contribution in [0.3, 0.4) is 0 Å². The fourth-order valence-electron chi connectivity index (χ4n) is 1.39. The van der Waals surface area contributed by atoms with Gasteiger partial charge in [-0.2, -0.15) is 13.2 Å². The molecule has 92 valence electrons. The molecule has 0 bridgehead atoms. The van der Waals surface area contributed by atoms with Crippen molar-refractivity contribution in [2.75, 3.05) is 12.4 Å². The Balaban J connectivity index is 0.00000106. The molecule has 1 heterocycles. The highest BCUT2D eigenvalue weighted by Gasteiger charge is 2.35. The number of hydrogen-bond acceptors (Lipinski definition) is 2. The highest BCUT2D eigenvalue weighted by atomic mass is 19.4. The van der Waals surface area contributed by atoms with E-state index < -0.39 is 11.7 Å². The van der Waals surface area contributed by atoms with E-state index in [1.54, 1.807) is 7.05 Å². The van der Waals surface area contributed by atoms with Crippen LogP contribution in [0.2, 0.25) is 0 Å². The molecule has 0 saturated carbocycles. The SMILES string of the molecule is CC.CNc1cc(C)c(C(F)(F)F)c(C)n1. The van der Waals surface area contributed by atoms with Gasteiger partial charge in [-0.05, 0) is 25.5 Å². The van der Waals surface area contributed by atoms with Gasteiger partial charge in [0.1, 0.15) is 5.82 Å². The average molecular weight is 234 g/mol. The van der Waals surface area contributed by atoms with Gasteiger partial charge in [-0.15, -0.1) is 0 Å². The van der Waals surface area contributed by atoms with Gasteiger partial charge in [0.25, 0.3) is 0 Å². The van der Waals surface area contributed by atoms with Crippen LogP contribution >= 0.6 is 0 Å². The van der Waals surface area contributed by atoms with Gasteiger partial charge in [0.2, 0.25) is 0 Å². The summed E-state index contributed by atoms with van der Waals surface area (Å²) in [5.74, 6) is 0.452. The predicted molar refractivity (Wildman–Crippen MR) is 59.6 cm³/mol. The average Bonchev–Trinajstić information content (AvgIpc) is 2.17. The first-order valence-corrected chi connectivity index (χ1v) is 5.09. The standard InChI is InChI=1S/C9H11F3N2.C2H6/c1-5-4-7(13-3)14-6(2)8(5)9(10,11)12;1-2/h4H,1-3H3,(H,13,14);1-2H3. The van der Waals surface area contributed by atoms with Gasteiger partial charge in [0, 0.05) is 7.05 Å². The van der Waals surface area contributed by atoms with Crippen molar-refractivity contribution >= 4 is 5.82 Å². The first kappa shape index (κ1) is 14.7. The van der Waals surface area contributed by atoms with Crippen LogP contribution in [-0.4, -0.2) is 12.0 Å². The smallest absolute Gasteiger partial charge is 0.373 e. The molecule has 0 saturated heterocycles. The Labute approximate surface area is 93.9 Å². The summed E-state index contributed by atoms with van der Waals surface area (Å²) in [4.78, 5) is 3.79. The van der Waals surface area contributed by atoms with Crippen molar-refractivity contribution in [3.8, 4) is 0 Å². The molecule has 0 aliphatic heterocycles. The second kappa shape index (κ2) is 5.72. The third-order valence-electron chi connectivity index (χ3n) is 1.94. The van der Waals surface area contributed by atoms with E-state index in [2.05, 4.69) is 10.3 Å². The highest BCUT2D eigenvalue weighted by Crippen LogP contribution is 2.34. The normalized spacial score (nSPS) is 10.5. The van der Waals surface area contributed by atoms with Crippen molar-refractivity contribution in [2.24, 2.45) is 0 Å². The number of rotatable bonds is 1. The number of nitrogens with one attached hydrogen (secondary N) is 1. The van der Waals surface area contributed by atoms with Gasteiger partial charge < -0.3 is 5.32 Å². The van der Waals surface area contributed by atoms with E-state index >= 15 is 0 Å². The molecule has 0 fully saturated rings. The van der Waals surface area contributed by atoms with Crippen LogP contribution in [-0.2, 0) is 6.18 Å². The van der Waals surface area contributed by atoms with Crippen molar-refractivity contribution in [3.05, 3.63) is 22.9 Å². The monoisotopic (exact) mass is 234 g/mol. The van der Waals surface area contributed by atoms with E-state index in [0.717, 1.165) is 0 Å². The van der Waals surface area contributed by atoms with Gasteiger partial charge in [-0.1, -0.05) is 13.8 Å². The number of aryl methyl sites for hydroxylation is 2. The first-order valence-electron chi connectivity index (χ1n) is 5.09. The van der Waals surface area contributed by atoms with Crippen molar-refractivity contribution < 1.29 is 13.2 Å². The van der Waals surface area contributed by atoms with Crippen LogP contribution in [0.15, 0.2) is 6.07 Å². The molecular weight excluding hydrogens is 217 g/mol. The minimum absolute atomic E-state index is 0.00171. The highest BCUT2D eigenvalue weighted by molar-refractivity contribution is 5.44. The zero-order valence-corrected chi connectivity index (χ0v) is 10.2. The second-order valence-corrected chi connectivity index (χ2v) is 3.03. The van der Waals surface area contributed by atoms with Crippen LogP contribution in [0.1, 0.15) is 30.7 Å². The van der Waals surface area contributed by atoms with Crippen LogP contribution in [0, 0.1) is 13.8 Å². The number of halogens is 3. The maximum Gasteiger partial charge on any atom is 0.418 e. The molecule has 0 spiro atoms. The number of anilines is 1. The third-order valence-corrected chi connectivity index (χ3v) is 1.94. The predicted octanol–water partition coefficient (Wildman–Crippen LogP) is 3.79. The van der Waals surface area contributed by atoms with Gasteiger partial charge in [-0.3, -0.25) is 0 Å². The lowest BCUT2D eigenvalue weighted by molar-refractivity contribution is -0.138. The molecule has 16 heavy (non-hydrogen) atoms. The number of pyridine rings is 1. The van der Waals surface area contributed by atoms with E-state index in [0.29, 0.717) is 5.82 Å². The van der Waals surface area contributed by atoms with Crippen LogP contribution in [0.25, 0.3) is 0 Å². The van der Waals surface area contributed by atoms with Crippen molar-refractivity contribution in [2.45, 2.75) is 33.9 Å². The summed E-state index contributed by atoms with van der Waals surface area (Å²) in [6.45, 7) is 6.79. The summed E-state index contributed by atoms with van der Waals surface area (Å²) in [6, 6.07) is 1.38. The molecule has 1 aromatic heterocycles. The van der Waals surface area contributed by atoms with E-state index in [1.807, 2.05) is 13.8 Å². The van der Waals surface area contributed by atoms with Crippen molar-refractivity contribution in [3.63, 3.8) is 0 Å². The summed E-state index contributed by atoms with van der Waals surface area (Å²) < 4.78 is 37.5. The Hall–Kier alpha value is -1.26. The van der Waals surface area contributed by atoms with Crippen LogP contribution in [0.5, 0.6) is 0 Å². The largest absolute Gasteiger partial charge is 0.418 e. The number of nitrogens with zero attached hydrogens (tertiary/aromatic N) is 1. The van der Waals surface area contributed by atoms with Crippen LogP contribution < -0.4 is 5.32 Å². The topological polar surface area (TPSA) is 24.9 Å². The van der Waals surface area contributed by atoms with E-state index in [9.17, 15) is 13.2 Å². The van der Waals surface area contributed by atoms with Crippen LogP contribution in [0.4, 0.5) is 19.0 Å². The molecule has 1 N–H and O–H groups in total. The van der Waals surface area contributed by atoms with E-state index in [4.69, 9.17) is 0 Å². The molecule has 0 unspecified atom stereocenters. The molecule has 5 heteroatoms. The Morgan fingerprint density at radius 1 is 1.19 bits per heavy atom. The number of aromatic nitrogens is 1. The lowest BCUT2D eigenvalue weighted by Gasteiger charge is -2.13. The summed E-state index contributed by atoms with van der Waals surface area (Å²) in [5, 5.41) is 2.71. The van der Waals surface area contributed by atoms with E-state index in [-0.39, 0.29) is 11.3 Å². The maximum atomic E-state index is 12.5. The Kier molecular flexibility index (Phi) is 5.27. The second-order valence-electron chi connectivity index (χ2n) is 3.03. The van der Waals surface area contributed by atoms with Crippen molar-refractivity contribution in [1.82, 2.24) is 4.98 Å². The molecule has 0 aliphatic rings. The molecule has 0 radical (unpaired) electrons. The molecule has 0 amide bonds. The summed E-state index contributed by atoms with van der Waals surface area (Å²) >= 11 is 0. The molecule has 1 rings (SSSR count). The molecule has 2 nitrogen and oxygen atoms in total. The minimum atomic E-state index is -4.33. The zero-order valence-electron chi connectivity index (χ0n) is 10.2. The first-order chi connectivity index (χ1) is 7.36. The Morgan fingerprint density at radius 3 is 2.00 bits per heavy atom. The molecular formula is C11H17F3N2. The fraction of sp³-hybridized carbons (Fsp3) is 0.545. The van der Waals surface area contributed by atoms with Gasteiger partial charge >= 0.3 is 6.18 Å². The summed E-state index contributed by atoms with van der Waals surface area (Å²) in [5.41, 5.74) is -0.451. The number of alkyl halides is 3. The lowest BCUT2D eigenvalue weighted by Crippen LogP contribution is -2.12. The lowest BCUT2D eigenvalue weighted by atomic mass is 10.1. The molecule has 0 aromatic carbocycles. The zero-order chi connectivity index (χ0) is 12.9. The quantitative estimate of drug-likeness (QED) is 0.799. The Bertz CT molecular complexity index is 323. The maximum absolute atomic E-state index is 12.5. The van der Waals surface area contributed by atoms with Crippen molar-refractivity contribution in [1.29, 1.82) is 0 Å². The van der Waals surface area contributed by atoms with Gasteiger partial charge in [0.15, 0.2) is 0 Å². The molecule has 0 aliphatic carbocycles. The number of hydrogen-bond donors (Lipinski definition) is 1.